The van der Waals surface area contributed by atoms with Crippen molar-refractivity contribution in [2.45, 2.75) is 44.8 Å². The van der Waals surface area contributed by atoms with Crippen LogP contribution < -0.4 is 0 Å². The number of carboxylic acids is 1. The highest BCUT2D eigenvalue weighted by Crippen LogP contribution is 2.30. The predicted molar refractivity (Wildman–Crippen MR) is 80.2 cm³/mol. The zero-order valence-electron chi connectivity index (χ0n) is 12.0. The first kappa shape index (κ1) is 14.8. The minimum Gasteiger partial charge on any atom is -0.481 e. The molecule has 0 aromatic carbocycles. The summed E-state index contributed by atoms with van der Waals surface area (Å²) in [6, 6.07) is 2.29. The number of hydrogen-bond acceptors (Lipinski definition) is 4. The maximum atomic E-state index is 10.8. The lowest BCUT2D eigenvalue weighted by Crippen LogP contribution is -2.10. The molecular weight excluding hydrogens is 274 g/mol. The lowest BCUT2D eigenvalue weighted by molar-refractivity contribution is -0.133. The lowest BCUT2D eigenvalue weighted by atomic mass is 10.2. The van der Waals surface area contributed by atoms with Crippen LogP contribution in [-0.4, -0.2) is 31.4 Å². The molecule has 5 nitrogen and oxygen atoms in total. The summed E-state index contributed by atoms with van der Waals surface area (Å²) < 4.78 is 2.09. The van der Waals surface area contributed by atoms with Crippen molar-refractivity contribution in [1.29, 1.82) is 0 Å². The highest BCUT2D eigenvalue weighted by Gasteiger charge is 2.19. The number of hydrogen-bond donors (Lipinski definition) is 1. The third-order valence-corrected chi connectivity index (χ3v) is 4.20. The molecule has 108 valence electrons. The molecule has 0 aliphatic heterocycles. The Labute approximate surface area is 122 Å². The zero-order chi connectivity index (χ0) is 14.7. The van der Waals surface area contributed by atoms with E-state index in [0.29, 0.717) is 6.04 Å². The van der Waals surface area contributed by atoms with Crippen molar-refractivity contribution in [3.63, 3.8) is 0 Å². The summed E-state index contributed by atoms with van der Waals surface area (Å²) in [6.07, 6.45) is 3.77. The molecule has 2 heterocycles. The van der Waals surface area contributed by atoms with Crippen LogP contribution in [0.5, 0.6) is 0 Å². The summed E-state index contributed by atoms with van der Waals surface area (Å²) in [4.78, 5) is 19.8. The van der Waals surface area contributed by atoms with Crippen molar-refractivity contribution in [2.75, 3.05) is 5.75 Å². The molecule has 0 saturated carbocycles. The van der Waals surface area contributed by atoms with E-state index in [0.717, 1.165) is 34.7 Å². The Balaban J connectivity index is 2.52. The summed E-state index contributed by atoms with van der Waals surface area (Å²) >= 11 is 1.26. The van der Waals surface area contributed by atoms with Gasteiger partial charge in [0.15, 0.2) is 10.8 Å². The number of aliphatic carboxylic acids is 1. The van der Waals surface area contributed by atoms with Gasteiger partial charge < -0.3 is 9.67 Å². The summed E-state index contributed by atoms with van der Waals surface area (Å²) in [5, 5.41) is 9.61. The molecule has 0 fully saturated rings. The largest absolute Gasteiger partial charge is 0.481 e. The topological polar surface area (TPSA) is 68.0 Å². The molecule has 2 aromatic heterocycles. The van der Waals surface area contributed by atoms with Crippen LogP contribution in [-0.2, 0) is 4.79 Å². The quantitative estimate of drug-likeness (QED) is 0.828. The maximum Gasteiger partial charge on any atom is 0.313 e. The Morgan fingerprint density at radius 1 is 1.45 bits per heavy atom. The van der Waals surface area contributed by atoms with Crippen LogP contribution >= 0.6 is 11.8 Å². The normalized spacial score (nSPS) is 11.4. The number of carboxylic acid groups (broad SMARTS) is 1. The minimum absolute atomic E-state index is 0.0163. The fourth-order valence-corrected chi connectivity index (χ4v) is 3.06. The van der Waals surface area contributed by atoms with Crippen LogP contribution in [0, 0.1) is 6.92 Å². The highest BCUT2D eigenvalue weighted by atomic mass is 32.2. The molecule has 0 saturated heterocycles. The Kier molecular flexibility index (Phi) is 4.65. The van der Waals surface area contributed by atoms with Crippen molar-refractivity contribution in [3.8, 4) is 0 Å². The first-order valence-electron chi connectivity index (χ1n) is 6.76. The van der Waals surface area contributed by atoms with E-state index in [2.05, 4.69) is 28.4 Å². The van der Waals surface area contributed by atoms with Gasteiger partial charge in [0.25, 0.3) is 0 Å². The second-order valence-corrected chi connectivity index (χ2v) is 5.72. The van der Waals surface area contributed by atoms with Crippen LogP contribution in [0.4, 0.5) is 0 Å². The SMILES string of the molecule is CCC(CC)n1c(SCC(=O)O)nc2cc(C)cnc21. The molecule has 2 rings (SSSR count). The minimum atomic E-state index is -0.831. The molecule has 0 radical (unpaired) electrons. The van der Waals surface area contributed by atoms with Gasteiger partial charge in [0, 0.05) is 12.2 Å². The van der Waals surface area contributed by atoms with Crippen molar-refractivity contribution >= 4 is 28.9 Å². The van der Waals surface area contributed by atoms with E-state index in [9.17, 15) is 4.79 Å². The predicted octanol–water partition coefficient (Wildman–Crippen LogP) is 3.28. The average Bonchev–Trinajstić information content (AvgIpc) is 2.76. The van der Waals surface area contributed by atoms with Gasteiger partial charge in [-0.25, -0.2) is 9.97 Å². The van der Waals surface area contributed by atoms with Crippen LogP contribution in [0.1, 0.15) is 38.3 Å². The van der Waals surface area contributed by atoms with Crippen LogP contribution in [0.25, 0.3) is 11.2 Å². The first-order chi connectivity index (χ1) is 9.56. The van der Waals surface area contributed by atoms with Gasteiger partial charge in [-0.2, -0.15) is 0 Å². The van der Waals surface area contributed by atoms with Crippen molar-refractivity contribution in [3.05, 3.63) is 17.8 Å². The summed E-state index contributed by atoms with van der Waals surface area (Å²) in [7, 11) is 0. The maximum absolute atomic E-state index is 10.8. The van der Waals surface area contributed by atoms with Crippen LogP contribution in [0.3, 0.4) is 0 Å². The standard InChI is InChI=1S/C14H19N3O2S/c1-4-10(5-2)17-13-11(6-9(3)7-15-13)16-14(17)20-8-12(18)19/h6-7,10H,4-5,8H2,1-3H3,(H,18,19). The molecule has 0 amide bonds. The van der Waals surface area contributed by atoms with E-state index >= 15 is 0 Å². The number of aromatic nitrogens is 3. The number of rotatable bonds is 6. The van der Waals surface area contributed by atoms with Crippen molar-refractivity contribution in [2.24, 2.45) is 0 Å². The second kappa shape index (κ2) is 6.26. The van der Waals surface area contributed by atoms with Crippen LogP contribution in [0.2, 0.25) is 0 Å². The fourth-order valence-electron chi connectivity index (χ4n) is 2.27. The zero-order valence-corrected chi connectivity index (χ0v) is 12.8. The summed E-state index contributed by atoms with van der Waals surface area (Å²) in [5.41, 5.74) is 2.74. The van der Waals surface area contributed by atoms with Crippen molar-refractivity contribution < 1.29 is 9.90 Å². The molecule has 0 spiro atoms. The molecule has 20 heavy (non-hydrogen) atoms. The average molecular weight is 293 g/mol. The van der Waals surface area contributed by atoms with E-state index in [1.807, 2.05) is 19.2 Å². The molecule has 0 unspecified atom stereocenters. The number of fused-ring (bicyclic) bond motifs is 1. The van der Waals surface area contributed by atoms with E-state index in [1.165, 1.54) is 11.8 Å². The Bertz CT molecular complexity index is 620. The van der Waals surface area contributed by atoms with Crippen molar-refractivity contribution in [1.82, 2.24) is 14.5 Å². The number of carbonyl (C=O) groups is 1. The third-order valence-electron chi connectivity index (χ3n) is 3.27. The van der Waals surface area contributed by atoms with E-state index in [1.54, 1.807) is 0 Å². The smallest absolute Gasteiger partial charge is 0.313 e. The number of imidazole rings is 1. The Hall–Kier alpha value is -1.56. The van der Waals surface area contributed by atoms with Gasteiger partial charge in [0.05, 0.1) is 5.75 Å². The molecule has 0 atom stereocenters. The molecule has 2 aromatic rings. The van der Waals surface area contributed by atoms with Gasteiger partial charge in [-0.1, -0.05) is 25.6 Å². The lowest BCUT2D eigenvalue weighted by Gasteiger charge is -2.17. The number of nitrogens with zero attached hydrogens (tertiary/aromatic N) is 3. The summed E-state index contributed by atoms with van der Waals surface area (Å²) in [6.45, 7) is 6.23. The first-order valence-corrected chi connectivity index (χ1v) is 7.74. The van der Waals surface area contributed by atoms with Gasteiger partial charge in [0.1, 0.15) is 5.52 Å². The van der Waals surface area contributed by atoms with Gasteiger partial charge in [-0.3, -0.25) is 4.79 Å². The highest BCUT2D eigenvalue weighted by molar-refractivity contribution is 7.99. The van der Waals surface area contributed by atoms with Gasteiger partial charge in [-0.05, 0) is 31.4 Å². The van der Waals surface area contributed by atoms with E-state index in [-0.39, 0.29) is 5.75 Å². The van der Waals surface area contributed by atoms with E-state index < -0.39 is 5.97 Å². The number of pyridine rings is 1. The second-order valence-electron chi connectivity index (χ2n) is 4.77. The molecule has 6 heteroatoms. The molecular formula is C14H19N3O2S. The monoisotopic (exact) mass is 293 g/mol. The van der Waals surface area contributed by atoms with Gasteiger partial charge in [0.2, 0.25) is 0 Å². The number of aryl methyl sites for hydroxylation is 1. The van der Waals surface area contributed by atoms with E-state index in [4.69, 9.17) is 5.11 Å². The molecule has 1 N–H and O–H groups in total. The Morgan fingerprint density at radius 2 is 2.15 bits per heavy atom. The van der Waals surface area contributed by atoms with Gasteiger partial charge in [-0.15, -0.1) is 0 Å². The number of thioether (sulfide) groups is 1. The molecule has 0 aliphatic carbocycles. The fraction of sp³-hybridized carbons (Fsp3) is 0.500. The van der Waals surface area contributed by atoms with Crippen LogP contribution in [0.15, 0.2) is 17.4 Å². The molecule has 0 bridgehead atoms. The Morgan fingerprint density at radius 3 is 2.75 bits per heavy atom. The molecule has 0 aliphatic rings. The summed E-state index contributed by atoms with van der Waals surface area (Å²) in [5.74, 6) is -0.815. The van der Waals surface area contributed by atoms with Gasteiger partial charge >= 0.3 is 5.97 Å². The third kappa shape index (κ3) is 2.95.